The number of rotatable bonds is 3. The minimum atomic E-state index is -0.0252. The summed E-state index contributed by atoms with van der Waals surface area (Å²) >= 11 is 0. The van der Waals surface area contributed by atoms with Gasteiger partial charge in [-0.15, -0.1) is 0 Å². The number of fused-ring (bicyclic) bond motifs is 9. The van der Waals surface area contributed by atoms with Gasteiger partial charge in [-0.05, 0) is 59.7 Å². The van der Waals surface area contributed by atoms with E-state index in [0.29, 0.717) is 21.9 Å². The Morgan fingerprint density at radius 2 is 1.06 bits per heavy atom. The number of benzene rings is 7. The van der Waals surface area contributed by atoms with Gasteiger partial charge in [-0.2, -0.15) is 0 Å². The second-order valence-electron chi connectivity index (χ2n) is 12.1. The summed E-state index contributed by atoms with van der Waals surface area (Å²) in [6.45, 7) is 0. The Kier molecular flexibility index (Phi) is 5.40. The van der Waals surface area contributed by atoms with Crippen LogP contribution in [0.15, 0.2) is 167 Å². The second-order valence-corrected chi connectivity index (χ2v) is 12.1. The van der Waals surface area contributed by atoms with Crippen LogP contribution in [0.5, 0.6) is 0 Å². The number of hydrogen-bond acceptors (Lipinski definition) is 2. The highest BCUT2D eigenvalue weighted by Gasteiger charge is 2.22. The molecule has 0 aliphatic carbocycles. The van der Waals surface area contributed by atoms with Crippen LogP contribution < -0.4 is 5.43 Å². The van der Waals surface area contributed by atoms with E-state index in [4.69, 9.17) is 4.42 Å². The largest absolute Gasteiger partial charge is 0.456 e. The maximum atomic E-state index is 14.1. The van der Waals surface area contributed by atoms with Crippen LogP contribution in [0.25, 0.3) is 88.1 Å². The zero-order valence-corrected chi connectivity index (χ0v) is 25.2. The van der Waals surface area contributed by atoms with E-state index in [2.05, 4.69) is 118 Å². The molecule has 0 radical (unpaired) electrons. The SMILES string of the molecule is O=c1c2ccccc2oc2cc(-n3c4ccccc4c4ccc5c(c6ccccc6n5-c5ccccc5)c43)cc(-c3ccccc3)c12. The number of para-hydroxylation sites is 4. The third-order valence-electron chi connectivity index (χ3n) is 9.49. The van der Waals surface area contributed by atoms with Gasteiger partial charge in [0.1, 0.15) is 11.2 Å². The molecule has 0 unspecified atom stereocenters. The van der Waals surface area contributed by atoms with E-state index in [1.807, 2.05) is 48.5 Å². The molecule has 220 valence electrons. The van der Waals surface area contributed by atoms with Gasteiger partial charge in [0.25, 0.3) is 0 Å². The standard InChI is InChI=1S/C43H26N2O2/c46-43-33-19-9-12-22-38(33)47-39-26-29(25-34(41(39)43)27-13-3-1-4-14-27)45-35-20-10-7-17-30(35)31-23-24-37-40(42(31)45)32-18-8-11-21-36(32)44(37)28-15-5-2-6-16-28/h1-26H. The number of nitrogens with zero attached hydrogens (tertiary/aromatic N) is 2. The lowest BCUT2D eigenvalue weighted by Gasteiger charge is -2.14. The number of aromatic nitrogens is 2. The van der Waals surface area contributed by atoms with Crippen molar-refractivity contribution in [2.24, 2.45) is 0 Å². The van der Waals surface area contributed by atoms with Gasteiger partial charge in [0, 0.05) is 33.3 Å². The van der Waals surface area contributed by atoms with E-state index in [0.717, 1.165) is 44.6 Å². The summed E-state index contributed by atoms with van der Waals surface area (Å²) in [4.78, 5) is 14.1. The molecule has 0 bridgehead atoms. The van der Waals surface area contributed by atoms with Crippen LogP contribution in [-0.4, -0.2) is 9.13 Å². The van der Waals surface area contributed by atoms with Gasteiger partial charge in [-0.3, -0.25) is 4.79 Å². The molecule has 10 aromatic rings. The predicted octanol–water partition coefficient (Wildman–Crippen LogP) is 10.8. The molecule has 47 heavy (non-hydrogen) atoms. The monoisotopic (exact) mass is 602 g/mol. The number of hydrogen-bond donors (Lipinski definition) is 0. The molecular weight excluding hydrogens is 576 g/mol. The average molecular weight is 603 g/mol. The molecule has 0 saturated heterocycles. The lowest BCUT2D eigenvalue weighted by molar-refractivity contribution is 0.660. The fourth-order valence-electron chi connectivity index (χ4n) is 7.52. The van der Waals surface area contributed by atoms with Crippen LogP contribution in [0.2, 0.25) is 0 Å². The zero-order chi connectivity index (χ0) is 31.1. The summed E-state index contributed by atoms with van der Waals surface area (Å²) in [7, 11) is 0. The molecule has 0 spiro atoms. The summed E-state index contributed by atoms with van der Waals surface area (Å²) in [6.07, 6.45) is 0. The van der Waals surface area contributed by atoms with E-state index in [1.165, 1.54) is 21.5 Å². The van der Waals surface area contributed by atoms with Gasteiger partial charge in [-0.1, -0.05) is 103 Å². The fourth-order valence-corrected chi connectivity index (χ4v) is 7.52. The predicted molar refractivity (Wildman–Crippen MR) is 194 cm³/mol. The van der Waals surface area contributed by atoms with Crippen molar-refractivity contribution in [3.8, 4) is 22.5 Å². The first-order chi connectivity index (χ1) is 23.3. The minimum Gasteiger partial charge on any atom is -0.456 e. The highest BCUT2D eigenvalue weighted by Crippen LogP contribution is 2.43. The topological polar surface area (TPSA) is 40.1 Å². The van der Waals surface area contributed by atoms with Crippen molar-refractivity contribution in [2.75, 3.05) is 0 Å². The van der Waals surface area contributed by atoms with Crippen LogP contribution in [0.4, 0.5) is 0 Å². The smallest absolute Gasteiger partial charge is 0.201 e. The molecular formula is C43H26N2O2. The third kappa shape index (κ3) is 3.67. The fraction of sp³-hybridized carbons (Fsp3) is 0. The summed E-state index contributed by atoms with van der Waals surface area (Å²) in [5, 5.41) is 5.87. The van der Waals surface area contributed by atoms with E-state index in [-0.39, 0.29) is 5.43 Å². The Hall–Kier alpha value is -6.39. The quantitative estimate of drug-likeness (QED) is 0.189. The molecule has 0 atom stereocenters. The van der Waals surface area contributed by atoms with Gasteiger partial charge in [0.05, 0.1) is 38.5 Å². The van der Waals surface area contributed by atoms with Crippen molar-refractivity contribution < 1.29 is 4.42 Å². The highest BCUT2D eigenvalue weighted by molar-refractivity contribution is 6.26. The summed E-state index contributed by atoms with van der Waals surface area (Å²) < 4.78 is 11.3. The van der Waals surface area contributed by atoms with E-state index in [9.17, 15) is 4.79 Å². The Morgan fingerprint density at radius 1 is 0.426 bits per heavy atom. The average Bonchev–Trinajstić information content (AvgIpc) is 3.65. The Labute approximate surface area is 268 Å². The van der Waals surface area contributed by atoms with Gasteiger partial charge < -0.3 is 13.6 Å². The van der Waals surface area contributed by atoms with Crippen LogP contribution >= 0.6 is 0 Å². The van der Waals surface area contributed by atoms with Gasteiger partial charge in [-0.25, -0.2) is 0 Å². The van der Waals surface area contributed by atoms with Crippen molar-refractivity contribution in [1.82, 2.24) is 9.13 Å². The Balaban J connectivity index is 1.41. The summed E-state index contributed by atoms with van der Waals surface area (Å²) in [5.74, 6) is 0. The molecule has 0 aliphatic rings. The lowest BCUT2D eigenvalue weighted by atomic mass is 9.98. The molecule has 0 N–H and O–H groups in total. The van der Waals surface area contributed by atoms with Crippen LogP contribution in [0.3, 0.4) is 0 Å². The third-order valence-corrected chi connectivity index (χ3v) is 9.49. The van der Waals surface area contributed by atoms with E-state index >= 15 is 0 Å². The van der Waals surface area contributed by atoms with Crippen molar-refractivity contribution in [3.05, 3.63) is 168 Å². The molecule has 3 heterocycles. The molecule has 0 amide bonds. The van der Waals surface area contributed by atoms with Gasteiger partial charge >= 0.3 is 0 Å². The van der Waals surface area contributed by atoms with Crippen molar-refractivity contribution in [2.45, 2.75) is 0 Å². The molecule has 10 rings (SSSR count). The first kappa shape index (κ1) is 25.9. The maximum Gasteiger partial charge on any atom is 0.201 e. The van der Waals surface area contributed by atoms with E-state index < -0.39 is 0 Å². The highest BCUT2D eigenvalue weighted by atomic mass is 16.3. The van der Waals surface area contributed by atoms with Crippen LogP contribution in [0.1, 0.15) is 0 Å². The molecule has 7 aromatic carbocycles. The van der Waals surface area contributed by atoms with Crippen LogP contribution in [-0.2, 0) is 0 Å². The first-order valence-corrected chi connectivity index (χ1v) is 15.8. The van der Waals surface area contributed by atoms with Crippen molar-refractivity contribution in [3.63, 3.8) is 0 Å². The first-order valence-electron chi connectivity index (χ1n) is 15.8. The molecule has 0 aliphatic heterocycles. The Morgan fingerprint density at radius 3 is 1.85 bits per heavy atom. The molecule has 0 fully saturated rings. The van der Waals surface area contributed by atoms with Gasteiger partial charge in [0.2, 0.25) is 5.43 Å². The lowest BCUT2D eigenvalue weighted by Crippen LogP contribution is -2.05. The normalized spacial score (nSPS) is 11.9. The van der Waals surface area contributed by atoms with E-state index in [1.54, 1.807) is 0 Å². The molecule has 3 aromatic heterocycles. The van der Waals surface area contributed by atoms with Crippen molar-refractivity contribution >= 4 is 65.6 Å². The minimum absolute atomic E-state index is 0.0252. The van der Waals surface area contributed by atoms with Gasteiger partial charge in [0.15, 0.2) is 0 Å². The summed E-state index contributed by atoms with van der Waals surface area (Å²) in [6, 6.07) is 54.1. The maximum absolute atomic E-state index is 14.1. The van der Waals surface area contributed by atoms with Crippen molar-refractivity contribution in [1.29, 1.82) is 0 Å². The molecule has 4 nitrogen and oxygen atoms in total. The zero-order valence-electron chi connectivity index (χ0n) is 25.2. The summed E-state index contributed by atoms with van der Waals surface area (Å²) in [5.41, 5.74) is 9.49. The molecule has 4 heteroatoms. The Bertz CT molecular complexity index is 2910. The molecule has 0 saturated carbocycles. The van der Waals surface area contributed by atoms with Crippen LogP contribution in [0, 0.1) is 0 Å². The second kappa shape index (κ2) is 9.80.